The van der Waals surface area contributed by atoms with E-state index in [4.69, 9.17) is 0 Å². The summed E-state index contributed by atoms with van der Waals surface area (Å²) in [7, 11) is 3.19. The normalized spacial score (nSPS) is 13.6. The van der Waals surface area contributed by atoms with Gasteiger partial charge in [-0.1, -0.05) is 98.3 Å². The molecule has 0 aliphatic carbocycles. The lowest BCUT2D eigenvalue weighted by molar-refractivity contribution is 0.313. The molecule has 0 aliphatic heterocycles. The monoisotopic (exact) mass is 314 g/mol. The van der Waals surface area contributed by atoms with Gasteiger partial charge in [0.1, 0.15) is 0 Å². The smallest absolute Gasteiger partial charge is 0.0127 e. The SMILES string of the molecule is CCCCCCCCCCCCC(CC)C(P)(CC)CC. The van der Waals surface area contributed by atoms with Crippen molar-refractivity contribution in [3.8, 4) is 0 Å². The summed E-state index contributed by atoms with van der Waals surface area (Å²) >= 11 is 0. The van der Waals surface area contributed by atoms with Gasteiger partial charge in [-0.2, -0.15) is 0 Å². The Kier molecular flexibility index (Phi) is 14.3. The zero-order valence-corrected chi connectivity index (χ0v) is 16.7. The Labute approximate surface area is 138 Å². The summed E-state index contributed by atoms with van der Waals surface area (Å²) in [6, 6.07) is 0. The zero-order chi connectivity index (χ0) is 16.0. The Morgan fingerprint density at radius 1 is 0.667 bits per heavy atom. The maximum Gasteiger partial charge on any atom is -0.0127 e. The fraction of sp³-hybridized carbons (Fsp3) is 1.00. The number of unbranched alkanes of at least 4 members (excludes halogenated alkanes) is 9. The van der Waals surface area contributed by atoms with Crippen molar-refractivity contribution in [2.24, 2.45) is 5.92 Å². The molecule has 128 valence electrons. The van der Waals surface area contributed by atoms with Gasteiger partial charge in [0, 0.05) is 0 Å². The summed E-state index contributed by atoms with van der Waals surface area (Å²) < 4.78 is 0. The van der Waals surface area contributed by atoms with Crippen LogP contribution in [0.2, 0.25) is 0 Å². The van der Waals surface area contributed by atoms with Crippen molar-refractivity contribution in [2.45, 2.75) is 123 Å². The second-order valence-corrected chi connectivity index (χ2v) is 8.17. The van der Waals surface area contributed by atoms with Crippen LogP contribution in [-0.4, -0.2) is 5.16 Å². The van der Waals surface area contributed by atoms with Crippen molar-refractivity contribution in [1.29, 1.82) is 0 Å². The molecular weight excluding hydrogens is 271 g/mol. The summed E-state index contributed by atoms with van der Waals surface area (Å²) in [6.07, 6.45) is 19.9. The maximum atomic E-state index is 3.19. The summed E-state index contributed by atoms with van der Waals surface area (Å²) in [5, 5.41) is 0.508. The highest BCUT2D eigenvalue weighted by Crippen LogP contribution is 2.39. The molecule has 0 radical (unpaired) electrons. The molecule has 0 fully saturated rings. The highest BCUT2D eigenvalue weighted by atomic mass is 31.0. The fourth-order valence-electron chi connectivity index (χ4n) is 3.60. The lowest BCUT2D eigenvalue weighted by Crippen LogP contribution is -2.29. The van der Waals surface area contributed by atoms with E-state index >= 15 is 0 Å². The van der Waals surface area contributed by atoms with Crippen LogP contribution >= 0.6 is 9.24 Å². The van der Waals surface area contributed by atoms with E-state index in [0.717, 1.165) is 5.92 Å². The van der Waals surface area contributed by atoms with Gasteiger partial charge in [0.15, 0.2) is 0 Å². The van der Waals surface area contributed by atoms with Crippen molar-refractivity contribution < 1.29 is 0 Å². The largest absolute Gasteiger partial charge is 0.131 e. The highest BCUT2D eigenvalue weighted by Gasteiger charge is 2.28. The van der Waals surface area contributed by atoms with Gasteiger partial charge in [-0.15, -0.1) is 9.24 Å². The molecule has 0 spiro atoms. The first-order valence-electron chi connectivity index (χ1n) is 9.93. The average Bonchev–Trinajstić information content (AvgIpc) is 2.52. The highest BCUT2D eigenvalue weighted by molar-refractivity contribution is 7.19. The summed E-state index contributed by atoms with van der Waals surface area (Å²) in [6.45, 7) is 9.39. The van der Waals surface area contributed by atoms with Gasteiger partial charge in [-0.05, 0) is 30.3 Å². The lowest BCUT2D eigenvalue weighted by Gasteiger charge is -2.36. The second-order valence-electron chi connectivity index (χ2n) is 7.02. The van der Waals surface area contributed by atoms with E-state index in [1.54, 1.807) is 0 Å². The van der Waals surface area contributed by atoms with Gasteiger partial charge in [0.05, 0.1) is 0 Å². The van der Waals surface area contributed by atoms with Crippen LogP contribution < -0.4 is 0 Å². The van der Waals surface area contributed by atoms with Gasteiger partial charge in [-0.25, -0.2) is 0 Å². The van der Waals surface area contributed by atoms with E-state index < -0.39 is 0 Å². The Bertz CT molecular complexity index is 208. The first-order chi connectivity index (χ1) is 10.1. The van der Waals surface area contributed by atoms with Crippen LogP contribution in [0.15, 0.2) is 0 Å². The first kappa shape index (κ1) is 21.4. The van der Waals surface area contributed by atoms with Gasteiger partial charge >= 0.3 is 0 Å². The van der Waals surface area contributed by atoms with Gasteiger partial charge < -0.3 is 0 Å². The van der Waals surface area contributed by atoms with Gasteiger partial charge in [0.25, 0.3) is 0 Å². The fourth-order valence-corrected chi connectivity index (χ4v) is 4.01. The predicted molar refractivity (Wildman–Crippen MR) is 103 cm³/mol. The van der Waals surface area contributed by atoms with E-state index in [1.807, 2.05) is 0 Å². The molecule has 2 atom stereocenters. The van der Waals surface area contributed by atoms with Gasteiger partial charge in [-0.3, -0.25) is 0 Å². The van der Waals surface area contributed by atoms with E-state index in [0.29, 0.717) is 5.16 Å². The standard InChI is InChI=1S/C20H43P/c1-5-9-10-11-12-13-14-15-16-17-18-19(6-2)20(21,7-3)8-4/h19H,5-18,21H2,1-4H3. The Hall–Kier alpha value is 0.430. The molecule has 0 aromatic heterocycles. The molecule has 0 heterocycles. The molecule has 2 unspecified atom stereocenters. The molecule has 0 bridgehead atoms. The Morgan fingerprint density at radius 2 is 1.10 bits per heavy atom. The average molecular weight is 315 g/mol. The molecule has 0 nitrogen and oxygen atoms in total. The van der Waals surface area contributed by atoms with E-state index in [9.17, 15) is 0 Å². The van der Waals surface area contributed by atoms with Crippen molar-refractivity contribution in [3.05, 3.63) is 0 Å². The minimum atomic E-state index is 0.508. The molecular formula is C20H43P. The number of hydrogen-bond donors (Lipinski definition) is 0. The van der Waals surface area contributed by atoms with Crippen molar-refractivity contribution in [2.75, 3.05) is 0 Å². The molecule has 0 aliphatic rings. The maximum absolute atomic E-state index is 3.19. The number of hydrogen-bond acceptors (Lipinski definition) is 0. The number of rotatable bonds is 15. The van der Waals surface area contributed by atoms with Crippen LogP contribution in [0.5, 0.6) is 0 Å². The molecule has 0 amide bonds. The topological polar surface area (TPSA) is 0 Å². The van der Waals surface area contributed by atoms with E-state index in [-0.39, 0.29) is 0 Å². The van der Waals surface area contributed by atoms with Crippen LogP contribution in [-0.2, 0) is 0 Å². The minimum Gasteiger partial charge on any atom is -0.131 e. The summed E-state index contributed by atoms with van der Waals surface area (Å²) in [5.74, 6) is 0.909. The zero-order valence-electron chi connectivity index (χ0n) is 15.6. The summed E-state index contributed by atoms with van der Waals surface area (Å²) in [5.41, 5.74) is 0. The Morgan fingerprint density at radius 3 is 1.48 bits per heavy atom. The molecule has 0 saturated carbocycles. The minimum absolute atomic E-state index is 0.508. The molecule has 0 saturated heterocycles. The van der Waals surface area contributed by atoms with Crippen LogP contribution in [0.1, 0.15) is 118 Å². The third kappa shape index (κ3) is 9.93. The second kappa shape index (κ2) is 14.0. The predicted octanol–water partition coefficient (Wildman–Crippen LogP) is 7.76. The molecule has 0 aromatic carbocycles. The van der Waals surface area contributed by atoms with Crippen molar-refractivity contribution in [1.82, 2.24) is 0 Å². The molecule has 21 heavy (non-hydrogen) atoms. The molecule has 0 rings (SSSR count). The molecule has 1 heteroatoms. The van der Waals surface area contributed by atoms with Crippen LogP contribution in [0.4, 0.5) is 0 Å². The van der Waals surface area contributed by atoms with Gasteiger partial charge in [0.2, 0.25) is 0 Å². The van der Waals surface area contributed by atoms with Crippen LogP contribution in [0.25, 0.3) is 0 Å². The van der Waals surface area contributed by atoms with Crippen LogP contribution in [0, 0.1) is 5.92 Å². The third-order valence-corrected chi connectivity index (χ3v) is 6.82. The van der Waals surface area contributed by atoms with E-state index in [1.165, 1.54) is 89.9 Å². The van der Waals surface area contributed by atoms with Crippen molar-refractivity contribution in [3.63, 3.8) is 0 Å². The van der Waals surface area contributed by atoms with Crippen LogP contribution in [0.3, 0.4) is 0 Å². The first-order valence-corrected chi connectivity index (χ1v) is 10.5. The van der Waals surface area contributed by atoms with Crippen molar-refractivity contribution >= 4 is 9.24 Å². The Balaban J connectivity index is 3.56. The third-order valence-electron chi connectivity index (χ3n) is 5.53. The summed E-state index contributed by atoms with van der Waals surface area (Å²) in [4.78, 5) is 0. The van der Waals surface area contributed by atoms with E-state index in [2.05, 4.69) is 36.9 Å². The quantitative estimate of drug-likeness (QED) is 0.214. The lowest BCUT2D eigenvalue weighted by atomic mass is 9.81. The molecule has 0 N–H and O–H groups in total. The molecule has 0 aromatic rings.